The lowest BCUT2D eigenvalue weighted by molar-refractivity contribution is 1.33. The van der Waals surface area contributed by atoms with Gasteiger partial charge in [-0.3, -0.25) is 0 Å². The fourth-order valence-corrected chi connectivity index (χ4v) is 2.53. The summed E-state index contributed by atoms with van der Waals surface area (Å²) in [7, 11) is 0. The molecule has 3 rings (SSSR count). The number of anilines is 1. The minimum atomic E-state index is 1.00. The zero-order valence-electron chi connectivity index (χ0n) is 9.97. The van der Waals surface area contributed by atoms with E-state index in [1.807, 2.05) is 12.1 Å². The quantitative estimate of drug-likeness (QED) is 0.695. The first-order valence-corrected chi connectivity index (χ1v) is 6.56. The normalized spacial score (nSPS) is 10.7. The molecule has 0 bridgehead atoms. The third-order valence-electron chi connectivity index (χ3n) is 2.74. The minimum absolute atomic E-state index is 1.00. The summed E-state index contributed by atoms with van der Waals surface area (Å²) in [6.45, 7) is 2.08. The molecule has 1 aromatic heterocycles. The molecule has 1 heterocycles. The summed E-state index contributed by atoms with van der Waals surface area (Å²) >= 11 is 1.58. The lowest BCUT2D eigenvalue weighted by Crippen LogP contribution is -1.87. The molecule has 0 radical (unpaired) electrons. The zero-order valence-corrected chi connectivity index (χ0v) is 10.8. The smallest absolute Gasteiger partial charge is 0.104 e. The average Bonchev–Trinajstić information content (AvgIpc) is 2.87. The molecule has 0 saturated carbocycles. The largest absolute Gasteiger partial charge is 0.345 e. The second-order valence-corrected chi connectivity index (χ2v) is 4.97. The molecule has 0 spiro atoms. The number of aromatic nitrogens is 2. The first-order chi connectivity index (χ1) is 8.83. The minimum Gasteiger partial charge on any atom is -0.345 e. The van der Waals surface area contributed by atoms with Crippen LogP contribution in [0, 0.1) is 6.92 Å². The molecule has 2 N–H and O–H groups in total. The standard InChI is InChI=1S/C14H13N3S/c1-10-5-7-11(8-6-10)17-18-13-4-2-3-12-14(13)16-9-15-12/h2-9,17H,1H3,(H,15,16). The molecule has 0 aliphatic rings. The Morgan fingerprint density at radius 3 is 2.78 bits per heavy atom. The van der Waals surface area contributed by atoms with Crippen LogP contribution in [0.2, 0.25) is 0 Å². The van der Waals surface area contributed by atoms with Gasteiger partial charge >= 0.3 is 0 Å². The van der Waals surface area contributed by atoms with Gasteiger partial charge < -0.3 is 9.71 Å². The highest BCUT2D eigenvalue weighted by molar-refractivity contribution is 8.00. The number of benzene rings is 2. The van der Waals surface area contributed by atoms with Gasteiger partial charge in [-0.2, -0.15) is 0 Å². The topological polar surface area (TPSA) is 40.7 Å². The Kier molecular flexibility index (Phi) is 2.94. The van der Waals surface area contributed by atoms with Gasteiger partial charge in [-0.05, 0) is 43.1 Å². The van der Waals surface area contributed by atoms with E-state index in [1.165, 1.54) is 5.56 Å². The van der Waals surface area contributed by atoms with Gasteiger partial charge in [-0.15, -0.1) is 0 Å². The summed E-state index contributed by atoms with van der Waals surface area (Å²) < 4.78 is 3.33. The van der Waals surface area contributed by atoms with Crippen molar-refractivity contribution in [3.05, 3.63) is 54.4 Å². The summed E-state index contributed by atoms with van der Waals surface area (Å²) in [5, 5.41) is 0. The van der Waals surface area contributed by atoms with Crippen molar-refractivity contribution in [2.24, 2.45) is 0 Å². The van der Waals surface area contributed by atoms with Crippen molar-refractivity contribution in [2.45, 2.75) is 11.8 Å². The molecule has 4 heteroatoms. The van der Waals surface area contributed by atoms with Crippen LogP contribution in [0.3, 0.4) is 0 Å². The van der Waals surface area contributed by atoms with Crippen molar-refractivity contribution in [1.29, 1.82) is 0 Å². The van der Waals surface area contributed by atoms with Crippen molar-refractivity contribution >= 4 is 28.7 Å². The van der Waals surface area contributed by atoms with Gasteiger partial charge in [0.25, 0.3) is 0 Å². The van der Waals surface area contributed by atoms with E-state index in [0.29, 0.717) is 0 Å². The molecule has 2 aromatic carbocycles. The summed E-state index contributed by atoms with van der Waals surface area (Å²) in [6, 6.07) is 14.5. The number of nitrogens with zero attached hydrogens (tertiary/aromatic N) is 1. The molecule has 3 aromatic rings. The van der Waals surface area contributed by atoms with Gasteiger partial charge in [-0.25, -0.2) is 4.98 Å². The van der Waals surface area contributed by atoms with Crippen LogP contribution in [0.5, 0.6) is 0 Å². The summed E-state index contributed by atoms with van der Waals surface area (Å²) in [4.78, 5) is 8.56. The van der Waals surface area contributed by atoms with E-state index in [2.05, 4.69) is 51.9 Å². The molecule has 18 heavy (non-hydrogen) atoms. The lowest BCUT2D eigenvalue weighted by Gasteiger charge is -2.06. The summed E-state index contributed by atoms with van der Waals surface area (Å²) in [5.74, 6) is 0. The molecule has 0 amide bonds. The summed E-state index contributed by atoms with van der Waals surface area (Å²) in [6.07, 6.45) is 1.72. The molecule has 0 aliphatic carbocycles. The molecular formula is C14H13N3S. The molecule has 0 atom stereocenters. The van der Waals surface area contributed by atoms with E-state index in [-0.39, 0.29) is 0 Å². The zero-order chi connectivity index (χ0) is 12.4. The van der Waals surface area contributed by atoms with Gasteiger partial charge in [0.2, 0.25) is 0 Å². The Morgan fingerprint density at radius 2 is 1.94 bits per heavy atom. The maximum absolute atomic E-state index is 4.33. The van der Waals surface area contributed by atoms with E-state index in [0.717, 1.165) is 21.6 Å². The fourth-order valence-electron chi connectivity index (χ4n) is 1.76. The van der Waals surface area contributed by atoms with Crippen LogP contribution in [-0.4, -0.2) is 9.97 Å². The van der Waals surface area contributed by atoms with E-state index in [1.54, 1.807) is 18.3 Å². The van der Waals surface area contributed by atoms with Crippen molar-refractivity contribution in [3.63, 3.8) is 0 Å². The number of hydrogen-bond donors (Lipinski definition) is 2. The van der Waals surface area contributed by atoms with Crippen LogP contribution < -0.4 is 4.72 Å². The Morgan fingerprint density at radius 1 is 1.11 bits per heavy atom. The van der Waals surface area contributed by atoms with Crippen LogP contribution in [-0.2, 0) is 0 Å². The van der Waals surface area contributed by atoms with E-state index >= 15 is 0 Å². The van der Waals surface area contributed by atoms with E-state index < -0.39 is 0 Å². The highest BCUT2D eigenvalue weighted by Gasteiger charge is 2.03. The third-order valence-corrected chi connectivity index (χ3v) is 3.63. The maximum Gasteiger partial charge on any atom is 0.104 e. The van der Waals surface area contributed by atoms with E-state index in [4.69, 9.17) is 0 Å². The highest BCUT2D eigenvalue weighted by atomic mass is 32.2. The van der Waals surface area contributed by atoms with Gasteiger partial charge in [0.15, 0.2) is 0 Å². The number of aromatic amines is 1. The van der Waals surface area contributed by atoms with Crippen LogP contribution in [0.15, 0.2) is 53.7 Å². The average molecular weight is 255 g/mol. The Hall–Kier alpha value is -1.94. The van der Waals surface area contributed by atoms with Crippen LogP contribution in [0.1, 0.15) is 5.56 Å². The number of hydrogen-bond acceptors (Lipinski definition) is 3. The predicted octanol–water partition coefficient (Wildman–Crippen LogP) is 3.99. The maximum atomic E-state index is 4.33. The molecule has 0 aliphatic heterocycles. The fraction of sp³-hybridized carbons (Fsp3) is 0.0714. The Labute approximate surface area is 110 Å². The second-order valence-electron chi connectivity index (χ2n) is 4.13. The SMILES string of the molecule is Cc1ccc(NSc2cccc3[nH]cnc23)cc1. The van der Waals surface area contributed by atoms with Gasteiger partial charge in [0, 0.05) is 5.69 Å². The number of fused-ring (bicyclic) bond motifs is 1. The molecule has 3 nitrogen and oxygen atoms in total. The van der Waals surface area contributed by atoms with Gasteiger partial charge in [0.05, 0.1) is 16.7 Å². The van der Waals surface area contributed by atoms with Crippen LogP contribution in [0.25, 0.3) is 11.0 Å². The number of aryl methyl sites for hydroxylation is 1. The molecule has 90 valence electrons. The first-order valence-electron chi connectivity index (χ1n) is 5.74. The third kappa shape index (κ3) is 2.19. The molecule has 0 saturated heterocycles. The monoisotopic (exact) mass is 255 g/mol. The molecular weight excluding hydrogens is 242 g/mol. The van der Waals surface area contributed by atoms with Crippen LogP contribution in [0.4, 0.5) is 5.69 Å². The second kappa shape index (κ2) is 4.74. The predicted molar refractivity (Wildman–Crippen MR) is 76.8 cm³/mol. The highest BCUT2D eigenvalue weighted by Crippen LogP contribution is 2.26. The van der Waals surface area contributed by atoms with Crippen molar-refractivity contribution in [3.8, 4) is 0 Å². The van der Waals surface area contributed by atoms with E-state index in [9.17, 15) is 0 Å². The van der Waals surface area contributed by atoms with Crippen LogP contribution >= 0.6 is 11.9 Å². The van der Waals surface area contributed by atoms with Crippen molar-refractivity contribution < 1.29 is 0 Å². The number of H-pyrrole nitrogens is 1. The van der Waals surface area contributed by atoms with Gasteiger partial charge in [0.1, 0.15) is 5.52 Å². The van der Waals surface area contributed by atoms with Crippen molar-refractivity contribution in [2.75, 3.05) is 4.72 Å². The van der Waals surface area contributed by atoms with Gasteiger partial charge in [-0.1, -0.05) is 23.8 Å². The number of nitrogens with one attached hydrogen (secondary N) is 2. The summed E-state index contributed by atoms with van der Waals surface area (Å²) in [5.41, 5.74) is 4.42. The Balaban J connectivity index is 1.80. The Bertz CT molecular complexity index is 658. The molecule has 0 fully saturated rings. The number of rotatable bonds is 3. The van der Waals surface area contributed by atoms with Crippen molar-refractivity contribution in [1.82, 2.24) is 9.97 Å². The lowest BCUT2D eigenvalue weighted by atomic mass is 10.2. The first kappa shape index (κ1) is 11.2. The molecule has 0 unspecified atom stereocenters. The number of imidazole rings is 1. The number of para-hydroxylation sites is 1.